The van der Waals surface area contributed by atoms with Gasteiger partial charge < -0.3 is 9.67 Å². The number of aliphatic hydroxyl groups excluding tert-OH is 1. The van der Waals surface area contributed by atoms with E-state index in [1.54, 1.807) is 10.8 Å². The highest BCUT2D eigenvalue weighted by molar-refractivity contribution is 5.15. The highest BCUT2D eigenvalue weighted by atomic mass is 19.4. The molecule has 2 nitrogen and oxygen atoms in total. The van der Waals surface area contributed by atoms with Crippen LogP contribution in [0.5, 0.6) is 0 Å². The Morgan fingerprint density at radius 2 is 2.00 bits per heavy atom. The van der Waals surface area contributed by atoms with E-state index >= 15 is 0 Å². The van der Waals surface area contributed by atoms with Gasteiger partial charge in [-0.2, -0.15) is 13.2 Å². The molecule has 5 heteroatoms. The molecule has 1 aromatic rings. The van der Waals surface area contributed by atoms with Crippen molar-refractivity contribution < 1.29 is 18.3 Å². The summed E-state index contributed by atoms with van der Waals surface area (Å²) in [4.78, 5) is 0. The minimum atomic E-state index is -4.59. The summed E-state index contributed by atoms with van der Waals surface area (Å²) < 4.78 is 38.1. The molecule has 1 unspecified atom stereocenters. The fraction of sp³-hybridized carbons (Fsp3) is 0.600. The first-order valence-corrected chi connectivity index (χ1v) is 4.71. The smallest absolute Gasteiger partial charge is 0.379 e. The summed E-state index contributed by atoms with van der Waals surface area (Å²) in [5.41, 5.74) is -0.108. The molecule has 0 spiro atoms. The molecule has 0 radical (unpaired) electrons. The van der Waals surface area contributed by atoms with Crippen molar-refractivity contribution in [1.29, 1.82) is 0 Å². The molecule has 0 fully saturated rings. The van der Waals surface area contributed by atoms with Crippen molar-refractivity contribution in [2.24, 2.45) is 5.92 Å². The predicted molar refractivity (Wildman–Crippen MR) is 50.3 cm³/mol. The highest BCUT2D eigenvalue weighted by Gasteiger charge is 2.39. The summed E-state index contributed by atoms with van der Waals surface area (Å²) in [5.74, 6) is 0.355. The second kappa shape index (κ2) is 4.26. The fourth-order valence-corrected chi connectivity index (χ4v) is 1.35. The number of hydrogen-bond donors (Lipinski definition) is 1. The zero-order valence-electron chi connectivity index (χ0n) is 8.62. The van der Waals surface area contributed by atoms with Gasteiger partial charge in [-0.1, -0.05) is 13.8 Å². The number of aromatic nitrogens is 1. The summed E-state index contributed by atoms with van der Waals surface area (Å²) in [7, 11) is 0. The Labute approximate surface area is 86.3 Å². The lowest BCUT2D eigenvalue weighted by Crippen LogP contribution is -2.19. The monoisotopic (exact) mass is 221 g/mol. The van der Waals surface area contributed by atoms with Gasteiger partial charge in [0.2, 0.25) is 0 Å². The Morgan fingerprint density at radius 3 is 2.47 bits per heavy atom. The van der Waals surface area contributed by atoms with Crippen LogP contribution in [0.1, 0.15) is 25.5 Å². The third-order valence-corrected chi connectivity index (χ3v) is 1.98. The van der Waals surface area contributed by atoms with Crippen LogP contribution in [-0.4, -0.2) is 15.8 Å². The summed E-state index contributed by atoms with van der Waals surface area (Å²) in [6.07, 6.45) is -4.10. The summed E-state index contributed by atoms with van der Waals surface area (Å²) in [5, 5.41) is 8.97. The molecule has 0 saturated heterocycles. The maximum atomic E-state index is 12.1. The van der Waals surface area contributed by atoms with Crippen LogP contribution in [0.2, 0.25) is 0 Å². The van der Waals surface area contributed by atoms with E-state index in [0.29, 0.717) is 12.5 Å². The number of rotatable bonds is 3. The van der Waals surface area contributed by atoms with E-state index in [-0.39, 0.29) is 5.56 Å². The van der Waals surface area contributed by atoms with Gasteiger partial charge >= 0.3 is 6.18 Å². The first kappa shape index (κ1) is 12.1. The fourth-order valence-electron chi connectivity index (χ4n) is 1.35. The average Bonchev–Trinajstić information content (AvgIpc) is 2.48. The van der Waals surface area contributed by atoms with E-state index < -0.39 is 12.3 Å². The van der Waals surface area contributed by atoms with Gasteiger partial charge in [-0.15, -0.1) is 0 Å². The Bertz CT molecular complexity index is 317. The highest BCUT2D eigenvalue weighted by Crippen LogP contribution is 2.32. The first-order chi connectivity index (χ1) is 6.80. The number of halogens is 3. The molecule has 1 rings (SSSR count). The number of aliphatic hydroxyl groups is 1. The van der Waals surface area contributed by atoms with Crippen molar-refractivity contribution in [2.75, 3.05) is 0 Å². The maximum Gasteiger partial charge on any atom is 0.418 e. The molecule has 86 valence electrons. The molecule has 15 heavy (non-hydrogen) atoms. The second-order valence-electron chi connectivity index (χ2n) is 3.98. The van der Waals surface area contributed by atoms with E-state index in [9.17, 15) is 13.2 Å². The lowest BCUT2D eigenvalue weighted by atomic mass is 10.2. The molecular weight excluding hydrogens is 207 g/mol. The van der Waals surface area contributed by atoms with Gasteiger partial charge in [0.25, 0.3) is 0 Å². The van der Waals surface area contributed by atoms with Crippen LogP contribution in [0.3, 0.4) is 0 Å². The van der Waals surface area contributed by atoms with Gasteiger partial charge in [0.1, 0.15) is 0 Å². The van der Waals surface area contributed by atoms with E-state index in [2.05, 4.69) is 0 Å². The minimum Gasteiger partial charge on any atom is -0.379 e. The zero-order valence-corrected chi connectivity index (χ0v) is 8.62. The normalized spacial score (nSPS) is 14.6. The van der Waals surface area contributed by atoms with E-state index in [0.717, 1.165) is 0 Å². The summed E-state index contributed by atoms with van der Waals surface area (Å²) in [6.45, 7) is 4.59. The van der Waals surface area contributed by atoms with Gasteiger partial charge in [-0.25, -0.2) is 0 Å². The Hall–Kier alpha value is -0.970. The first-order valence-electron chi connectivity index (χ1n) is 4.71. The van der Waals surface area contributed by atoms with Crippen molar-refractivity contribution in [2.45, 2.75) is 32.7 Å². The van der Waals surface area contributed by atoms with Gasteiger partial charge in [0.05, 0.1) is 0 Å². The Kier molecular flexibility index (Phi) is 3.44. The van der Waals surface area contributed by atoms with Crippen LogP contribution in [0.15, 0.2) is 18.5 Å². The molecule has 0 aromatic carbocycles. The lowest BCUT2D eigenvalue weighted by Gasteiger charge is -2.12. The van der Waals surface area contributed by atoms with E-state index in [4.69, 9.17) is 5.11 Å². The molecular formula is C10H14F3NO. The third kappa shape index (κ3) is 3.27. The topological polar surface area (TPSA) is 25.2 Å². The van der Waals surface area contributed by atoms with Gasteiger partial charge in [-0.05, 0) is 12.0 Å². The predicted octanol–water partition coefficient (Wildman–Crippen LogP) is 2.74. The van der Waals surface area contributed by atoms with Crippen LogP contribution in [0.25, 0.3) is 0 Å². The van der Waals surface area contributed by atoms with Crippen LogP contribution >= 0.6 is 0 Å². The molecule has 1 atom stereocenters. The van der Waals surface area contributed by atoms with Crippen LogP contribution < -0.4 is 0 Å². The number of alkyl halides is 3. The third-order valence-electron chi connectivity index (χ3n) is 1.98. The Balaban J connectivity index is 2.76. The van der Waals surface area contributed by atoms with Gasteiger partial charge in [0, 0.05) is 24.5 Å². The molecule has 0 aliphatic carbocycles. The average molecular weight is 221 g/mol. The van der Waals surface area contributed by atoms with E-state index in [1.807, 2.05) is 13.8 Å². The molecule has 0 saturated carbocycles. The molecule has 0 bridgehead atoms. The van der Waals surface area contributed by atoms with Crippen LogP contribution in [0, 0.1) is 5.92 Å². The SMILES string of the molecule is CC(C)Cn1ccc(C(O)C(F)(F)F)c1. The van der Waals surface area contributed by atoms with Crippen molar-refractivity contribution in [3.05, 3.63) is 24.0 Å². The minimum absolute atomic E-state index is 0.108. The molecule has 1 aromatic heterocycles. The number of nitrogens with zero attached hydrogens (tertiary/aromatic N) is 1. The molecule has 1 N–H and O–H groups in total. The summed E-state index contributed by atoms with van der Waals surface area (Å²) in [6, 6.07) is 1.29. The molecule has 0 amide bonds. The molecule has 1 heterocycles. The van der Waals surface area contributed by atoms with Crippen molar-refractivity contribution in [3.8, 4) is 0 Å². The standard InChI is InChI=1S/C10H14F3NO/c1-7(2)5-14-4-3-8(6-14)9(15)10(11,12)13/h3-4,6-7,9,15H,5H2,1-2H3. The quantitative estimate of drug-likeness (QED) is 0.834. The molecule has 0 aliphatic heterocycles. The lowest BCUT2D eigenvalue weighted by molar-refractivity contribution is -0.206. The molecule has 0 aliphatic rings. The van der Waals surface area contributed by atoms with E-state index in [1.165, 1.54) is 12.3 Å². The van der Waals surface area contributed by atoms with Crippen molar-refractivity contribution in [1.82, 2.24) is 4.57 Å². The van der Waals surface area contributed by atoms with Crippen LogP contribution in [0.4, 0.5) is 13.2 Å². The van der Waals surface area contributed by atoms with Crippen molar-refractivity contribution >= 4 is 0 Å². The van der Waals surface area contributed by atoms with Crippen molar-refractivity contribution in [3.63, 3.8) is 0 Å². The Morgan fingerprint density at radius 1 is 1.40 bits per heavy atom. The van der Waals surface area contributed by atoms with Gasteiger partial charge in [0.15, 0.2) is 6.10 Å². The summed E-state index contributed by atoms with van der Waals surface area (Å²) >= 11 is 0. The largest absolute Gasteiger partial charge is 0.418 e. The maximum absolute atomic E-state index is 12.1. The van der Waals surface area contributed by atoms with Gasteiger partial charge in [-0.3, -0.25) is 0 Å². The number of hydrogen-bond acceptors (Lipinski definition) is 1. The van der Waals surface area contributed by atoms with Crippen LogP contribution in [-0.2, 0) is 6.54 Å². The zero-order chi connectivity index (χ0) is 11.6. The second-order valence-corrected chi connectivity index (χ2v) is 3.98.